The van der Waals surface area contributed by atoms with Crippen LogP contribution in [-0.4, -0.2) is 50.0 Å². The van der Waals surface area contributed by atoms with Crippen molar-refractivity contribution < 1.29 is 27.0 Å². The molecule has 3 heterocycles. The fourth-order valence-corrected chi connectivity index (χ4v) is 7.84. The largest absolute Gasteiger partial charge is 3.00 e. The summed E-state index contributed by atoms with van der Waals surface area (Å²) < 4.78 is 0. The smallest absolute Gasteiger partial charge is 0.550 e. The Bertz CT molecular complexity index is 2070. The molecule has 0 spiro atoms. The van der Waals surface area contributed by atoms with Crippen LogP contribution in [0.15, 0.2) is 225 Å². The molecule has 0 unspecified atom stereocenters. The second-order valence-electron chi connectivity index (χ2n) is 14.9. The van der Waals surface area contributed by atoms with Gasteiger partial charge < -0.3 is 9.90 Å². The minimum absolute atomic E-state index is 0. The molecule has 8 aromatic rings. The zero-order valence-electron chi connectivity index (χ0n) is 35.1. The predicted octanol–water partition coefficient (Wildman–Crippen LogP) is 6.39. The average Bonchev–Trinajstić information content (AvgIpc) is 3.31. The molecule has 311 valence electrons. The van der Waals surface area contributed by atoms with E-state index in [1.807, 2.05) is 48.9 Å². The Hall–Kier alpha value is -6.48. The molecule has 62 heavy (non-hydrogen) atoms. The van der Waals surface area contributed by atoms with E-state index in [4.69, 9.17) is 9.90 Å². The van der Waals surface area contributed by atoms with Gasteiger partial charge in [-0.1, -0.05) is 170 Å². The molecule has 1 radical (unpaired) electrons. The topological polar surface area (TPSA) is 85.3 Å². The van der Waals surface area contributed by atoms with Crippen molar-refractivity contribution in [3.63, 3.8) is 0 Å². The summed E-state index contributed by atoms with van der Waals surface area (Å²) in [5, 5.41) is 8.89. The van der Waals surface area contributed by atoms with Crippen molar-refractivity contribution in [1.82, 2.24) is 24.8 Å². The molecule has 7 nitrogen and oxygen atoms in total. The maximum absolute atomic E-state index is 8.89. The number of carboxylic acid groups (broad SMARTS) is 1. The van der Waals surface area contributed by atoms with E-state index in [0.29, 0.717) is 0 Å². The van der Waals surface area contributed by atoms with Crippen molar-refractivity contribution in [3.8, 4) is 0 Å². The van der Waals surface area contributed by atoms with Gasteiger partial charge in [-0.3, -0.25) is 24.8 Å². The zero-order valence-corrected chi connectivity index (χ0v) is 36.2. The van der Waals surface area contributed by atoms with Gasteiger partial charge in [0.25, 0.3) is 0 Å². The van der Waals surface area contributed by atoms with Crippen molar-refractivity contribution in [2.24, 2.45) is 0 Å². The number of benzene rings is 5. The van der Waals surface area contributed by atoms with Gasteiger partial charge in [-0.2, -0.15) is 21.9 Å². The Balaban J connectivity index is 0.000000217. The summed E-state index contributed by atoms with van der Waals surface area (Å²) in [4.78, 5) is 27.4. The molecule has 0 saturated carbocycles. The van der Waals surface area contributed by atoms with E-state index in [0.717, 1.165) is 63.3 Å². The molecule has 9 heteroatoms. The van der Waals surface area contributed by atoms with Gasteiger partial charge in [-0.15, -0.1) is 0 Å². The van der Waals surface area contributed by atoms with E-state index in [-0.39, 0.29) is 17.1 Å². The molecular weight excluding hydrogens is 805 g/mol. The third-order valence-corrected chi connectivity index (χ3v) is 10.5. The molecule has 8 rings (SSSR count). The normalized spacial score (nSPS) is 10.7. The first-order valence-corrected chi connectivity index (χ1v) is 20.7. The van der Waals surface area contributed by atoms with Gasteiger partial charge in [0, 0.05) is 63.8 Å². The molecule has 0 aliphatic heterocycles. The van der Waals surface area contributed by atoms with E-state index in [1.54, 1.807) is 0 Å². The predicted molar refractivity (Wildman–Crippen MR) is 248 cm³/mol. The van der Waals surface area contributed by atoms with Gasteiger partial charge in [0.1, 0.15) is 6.15 Å². The first kappa shape index (κ1) is 46.6. The molecule has 0 fully saturated rings. The van der Waals surface area contributed by atoms with Crippen molar-refractivity contribution in [1.29, 1.82) is 0 Å². The first-order valence-electron chi connectivity index (χ1n) is 20.7. The van der Waals surface area contributed by atoms with Crippen molar-refractivity contribution >= 4 is 34.0 Å². The summed E-state index contributed by atoms with van der Waals surface area (Å²) in [5.41, 5.74) is 9.90. The van der Waals surface area contributed by atoms with Gasteiger partial charge >= 0.3 is 17.1 Å². The van der Waals surface area contributed by atoms with Crippen LogP contribution in [0, 0.1) is 0 Å². The molecule has 3 aromatic heterocycles. The van der Waals surface area contributed by atoms with Crippen LogP contribution >= 0.6 is 0 Å². The number of carbonyl (C=O) groups excluding carboxylic acids is 1. The SMILES string of the molecule is CC(=O)[O-].[Fe+3].c1ccc(CN(CCN(Cc2ccccn2)Cc2ccccn2)Cc2ccccn2)cc1.c1ccc([B-](c2ccccc2)(c2ccccc2)c2ccccc2)cc1. The molecule has 0 atom stereocenters. The molecule has 0 aliphatic carbocycles. The van der Waals surface area contributed by atoms with Gasteiger partial charge in [-0.05, 0) is 48.9 Å². The van der Waals surface area contributed by atoms with Crippen LogP contribution in [0.25, 0.3) is 0 Å². The summed E-state index contributed by atoms with van der Waals surface area (Å²) in [6, 6.07) is 72.5. The second-order valence-corrected chi connectivity index (χ2v) is 14.9. The van der Waals surface area contributed by atoms with Gasteiger partial charge in [0.15, 0.2) is 0 Å². The monoisotopic (exact) mass is 857 g/mol. The Morgan fingerprint density at radius 2 is 0.677 bits per heavy atom. The third-order valence-electron chi connectivity index (χ3n) is 10.5. The summed E-state index contributed by atoms with van der Waals surface area (Å²) >= 11 is 0. The minimum Gasteiger partial charge on any atom is -0.550 e. The molecule has 0 N–H and O–H groups in total. The number of hydrogen-bond donors (Lipinski definition) is 0. The summed E-state index contributed by atoms with van der Waals surface area (Å²) in [6.45, 7) is 6.09. The third kappa shape index (κ3) is 14.0. The van der Waals surface area contributed by atoms with Crippen LogP contribution in [0.5, 0.6) is 0 Å². The summed E-state index contributed by atoms with van der Waals surface area (Å²) in [5.74, 6) is -1.08. The Morgan fingerprint density at radius 1 is 0.419 bits per heavy atom. The van der Waals surface area contributed by atoms with Crippen LogP contribution in [0.2, 0.25) is 0 Å². The van der Waals surface area contributed by atoms with Crippen LogP contribution < -0.4 is 27.0 Å². The van der Waals surface area contributed by atoms with E-state index in [9.17, 15) is 0 Å². The standard InChI is InChI=1S/C27H29N5.C24H20B.C2H4O2.Fe/c1-2-10-24(11-3-1)20-31(21-25-12-4-7-15-28-25)18-19-32(22-26-13-5-8-16-29-26)23-27-14-6-9-17-30-27;1-5-13-21(14-6-1)25(22-15-7-2-8-16-22,23-17-9-3-10-18-23)24-19-11-4-12-20-24;1-2(3)4;/h1-17H,18-23H2;1-20H;1H3,(H,3,4);/q;-1;;+3/p-1. The number of pyridine rings is 3. The first-order chi connectivity index (χ1) is 30.0. The maximum atomic E-state index is 8.89. The van der Waals surface area contributed by atoms with E-state index >= 15 is 0 Å². The second kappa shape index (κ2) is 25.3. The number of rotatable bonds is 15. The maximum Gasteiger partial charge on any atom is 3.00 e. The van der Waals surface area contributed by atoms with Crippen LogP contribution in [0.4, 0.5) is 0 Å². The number of carboxylic acids is 1. The Kier molecular flexibility index (Phi) is 19.0. The molecule has 0 amide bonds. The van der Waals surface area contributed by atoms with E-state index in [1.165, 1.54) is 27.4 Å². The molecule has 5 aromatic carbocycles. The summed E-state index contributed by atoms with van der Waals surface area (Å²) in [7, 11) is 0. The minimum atomic E-state index is -1.22. The molecule has 0 saturated heterocycles. The number of nitrogens with zero attached hydrogens (tertiary/aromatic N) is 5. The van der Waals surface area contributed by atoms with Gasteiger partial charge in [0.2, 0.25) is 0 Å². The van der Waals surface area contributed by atoms with Crippen LogP contribution in [0.1, 0.15) is 29.6 Å². The quantitative estimate of drug-likeness (QED) is 0.111. The van der Waals surface area contributed by atoms with Crippen molar-refractivity contribution in [2.75, 3.05) is 13.1 Å². The summed E-state index contributed by atoms with van der Waals surface area (Å²) in [6.07, 6.45) is 4.37. The average molecular weight is 858 g/mol. The fourth-order valence-electron chi connectivity index (χ4n) is 7.84. The van der Waals surface area contributed by atoms with Crippen molar-refractivity contribution in [3.05, 3.63) is 247 Å². The van der Waals surface area contributed by atoms with E-state index in [2.05, 4.69) is 201 Å². The van der Waals surface area contributed by atoms with Gasteiger partial charge in [0.05, 0.1) is 17.1 Å². The molecular formula is C53H52BFeN5O2+. The van der Waals surface area contributed by atoms with Crippen molar-refractivity contribution in [2.45, 2.75) is 33.1 Å². The Morgan fingerprint density at radius 3 is 0.952 bits per heavy atom. The van der Waals surface area contributed by atoms with Gasteiger partial charge in [-0.25, -0.2) is 0 Å². The van der Waals surface area contributed by atoms with Crippen LogP contribution in [-0.2, 0) is 48.0 Å². The van der Waals surface area contributed by atoms with E-state index < -0.39 is 12.1 Å². The Labute approximate surface area is 377 Å². The number of carbonyl (C=O) groups is 1. The number of hydrogen-bond acceptors (Lipinski definition) is 7. The number of aliphatic carboxylic acids is 1. The molecule has 0 aliphatic rings. The zero-order chi connectivity index (χ0) is 42.4. The number of aromatic nitrogens is 3. The fraction of sp³-hybridized carbons (Fsp3) is 0.132. The van der Waals surface area contributed by atoms with Crippen LogP contribution in [0.3, 0.4) is 0 Å². The molecule has 0 bridgehead atoms.